The number of rotatable bonds is 7. The molecule has 16 nitrogen and oxygen atoms in total. The van der Waals surface area contributed by atoms with E-state index in [4.69, 9.17) is 11.6 Å². The van der Waals surface area contributed by atoms with Crippen molar-refractivity contribution in [2.75, 3.05) is 78.9 Å². The lowest BCUT2D eigenvalue weighted by atomic mass is 9.96. The standard InChI is InChI=1S/C41H46ClN11O5/c1-25-23-52(26(2)22-51(25)31-4-3-28(19-43)34(42)18-31)41(58)46-29-20-44-40(45-21-29)50-11-9-27(10-12-50)24-48-13-15-49(16-14-48)30-5-6-32-33(17-30)39(57)53(38(32)56)35-7-8-36(54)47-37(35)55/h3-6,17-18,20-21,25-27,35H,7-16,22-24H2,1-2H3,(H,46,58)(H,47,54,55)/t25-,26+,35?/m0/s1. The first-order chi connectivity index (χ1) is 28.0. The first kappa shape index (κ1) is 39.1. The number of nitrogens with one attached hydrogen (secondary N) is 2. The predicted molar refractivity (Wildman–Crippen MR) is 217 cm³/mol. The van der Waals surface area contributed by atoms with Crippen LogP contribution in [0, 0.1) is 17.2 Å². The Morgan fingerprint density at radius 2 is 1.57 bits per heavy atom. The molecule has 1 aromatic heterocycles. The summed E-state index contributed by atoms with van der Waals surface area (Å²) >= 11 is 6.30. The van der Waals surface area contributed by atoms with Crippen molar-refractivity contribution in [3.63, 3.8) is 0 Å². The second-order valence-corrected chi connectivity index (χ2v) is 16.3. The fourth-order valence-corrected chi connectivity index (χ4v) is 9.03. The predicted octanol–water partition coefficient (Wildman–Crippen LogP) is 3.57. The van der Waals surface area contributed by atoms with Crippen LogP contribution in [0.25, 0.3) is 0 Å². The highest BCUT2D eigenvalue weighted by atomic mass is 35.5. The molecule has 0 radical (unpaired) electrons. The van der Waals surface area contributed by atoms with Crippen LogP contribution in [0.2, 0.25) is 5.02 Å². The molecule has 1 unspecified atom stereocenters. The van der Waals surface area contributed by atoms with Crippen molar-refractivity contribution < 1.29 is 24.0 Å². The monoisotopic (exact) mass is 807 g/mol. The molecule has 3 aromatic rings. The van der Waals surface area contributed by atoms with E-state index >= 15 is 0 Å². The number of halogens is 1. The first-order valence-electron chi connectivity index (χ1n) is 19.9. The molecule has 2 aromatic carbocycles. The number of benzene rings is 2. The number of urea groups is 1. The molecular weight excluding hydrogens is 762 g/mol. The molecule has 8 rings (SSSR count). The Morgan fingerprint density at radius 3 is 2.26 bits per heavy atom. The molecule has 4 fully saturated rings. The van der Waals surface area contributed by atoms with Crippen molar-refractivity contribution >= 4 is 64.3 Å². The van der Waals surface area contributed by atoms with Gasteiger partial charge in [0, 0.05) is 88.8 Å². The molecule has 4 saturated heterocycles. The third-order valence-corrected chi connectivity index (χ3v) is 12.4. The summed E-state index contributed by atoms with van der Waals surface area (Å²) in [5, 5.41) is 14.9. The summed E-state index contributed by atoms with van der Waals surface area (Å²) in [7, 11) is 0. The number of amides is 6. The molecule has 6 heterocycles. The van der Waals surface area contributed by atoms with Gasteiger partial charge < -0.3 is 24.9 Å². The zero-order valence-corrected chi connectivity index (χ0v) is 33.3. The van der Waals surface area contributed by atoms with E-state index in [0.29, 0.717) is 46.8 Å². The minimum atomic E-state index is -0.978. The first-order valence-corrected chi connectivity index (χ1v) is 20.3. The number of anilines is 4. The highest BCUT2D eigenvalue weighted by Crippen LogP contribution is 2.32. The van der Waals surface area contributed by atoms with Gasteiger partial charge in [0.25, 0.3) is 11.8 Å². The summed E-state index contributed by atoms with van der Waals surface area (Å²) in [6.45, 7) is 11.2. The molecule has 2 N–H and O–H groups in total. The van der Waals surface area contributed by atoms with Gasteiger partial charge in [-0.05, 0) is 75.4 Å². The van der Waals surface area contributed by atoms with E-state index in [-0.39, 0.29) is 36.5 Å². The Morgan fingerprint density at radius 1 is 0.862 bits per heavy atom. The fourth-order valence-electron chi connectivity index (χ4n) is 8.81. The number of fused-ring (bicyclic) bond motifs is 1. The van der Waals surface area contributed by atoms with Crippen LogP contribution < -0.4 is 25.3 Å². The highest BCUT2D eigenvalue weighted by Gasteiger charge is 2.45. The van der Waals surface area contributed by atoms with Gasteiger partial charge in [-0.3, -0.25) is 34.3 Å². The Labute approximate surface area is 341 Å². The molecule has 0 bridgehead atoms. The Kier molecular flexibility index (Phi) is 10.9. The van der Waals surface area contributed by atoms with Crippen molar-refractivity contribution in [2.45, 2.75) is 57.7 Å². The Balaban J connectivity index is 0.777. The number of nitrogens with zero attached hydrogens (tertiary/aromatic N) is 9. The molecular formula is C41H46ClN11O5. The van der Waals surface area contributed by atoms with Gasteiger partial charge in [0.15, 0.2) is 0 Å². The SMILES string of the molecule is C[C@@H]1CN(c2ccc(C#N)c(Cl)c2)[C@@H](C)CN1C(=O)Nc1cnc(N2CCC(CN3CCN(c4ccc5c(c4)C(=O)N(C4CCC(=O)NC4=O)C5=O)CC3)CC2)nc1. The average molecular weight is 808 g/mol. The normalized spacial score (nSPS) is 23.2. The number of piperazine rings is 2. The van der Waals surface area contributed by atoms with Crippen molar-refractivity contribution in [2.24, 2.45) is 5.92 Å². The van der Waals surface area contributed by atoms with Crippen LogP contribution in [0.3, 0.4) is 0 Å². The summed E-state index contributed by atoms with van der Waals surface area (Å²) in [6.07, 6.45) is 5.58. The van der Waals surface area contributed by atoms with Crippen LogP contribution >= 0.6 is 11.6 Å². The van der Waals surface area contributed by atoms with Crippen LogP contribution in [-0.4, -0.2) is 131 Å². The molecule has 17 heteroatoms. The lowest BCUT2D eigenvalue weighted by Crippen LogP contribution is -2.59. The van der Waals surface area contributed by atoms with Gasteiger partial charge in [0.1, 0.15) is 12.1 Å². The molecule has 302 valence electrons. The van der Waals surface area contributed by atoms with Crippen molar-refractivity contribution in [1.29, 1.82) is 5.26 Å². The molecule has 58 heavy (non-hydrogen) atoms. The summed E-state index contributed by atoms with van der Waals surface area (Å²) in [4.78, 5) is 85.0. The number of nitriles is 1. The second-order valence-electron chi connectivity index (χ2n) is 15.9. The van der Waals surface area contributed by atoms with E-state index in [1.54, 1.807) is 30.6 Å². The van der Waals surface area contributed by atoms with Crippen molar-refractivity contribution in [1.82, 2.24) is 30.0 Å². The van der Waals surface area contributed by atoms with E-state index < -0.39 is 29.7 Å². The molecule has 6 amide bonds. The third-order valence-electron chi connectivity index (χ3n) is 12.1. The fraction of sp³-hybridized carbons (Fsp3) is 0.463. The van der Waals surface area contributed by atoms with Crippen LogP contribution in [0.4, 0.5) is 27.8 Å². The van der Waals surface area contributed by atoms with E-state index in [1.165, 1.54) is 0 Å². The van der Waals surface area contributed by atoms with Crippen LogP contribution in [-0.2, 0) is 9.59 Å². The summed E-state index contributed by atoms with van der Waals surface area (Å²) in [6, 6.07) is 11.6. The molecule has 0 saturated carbocycles. The molecule has 3 atom stereocenters. The summed E-state index contributed by atoms with van der Waals surface area (Å²) in [5.74, 6) is -0.803. The van der Waals surface area contributed by atoms with E-state index in [9.17, 15) is 29.2 Å². The largest absolute Gasteiger partial charge is 0.369 e. The summed E-state index contributed by atoms with van der Waals surface area (Å²) in [5.41, 5.74) is 3.36. The Hall–Kier alpha value is -5.79. The summed E-state index contributed by atoms with van der Waals surface area (Å²) < 4.78 is 0. The van der Waals surface area contributed by atoms with E-state index in [1.807, 2.05) is 30.0 Å². The zero-order chi connectivity index (χ0) is 40.7. The van der Waals surface area contributed by atoms with Gasteiger partial charge in [-0.2, -0.15) is 5.26 Å². The quantitative estimate of drug-likeness (QED) is 0.333. The van der Waals surface area contributed by atoms with Gasteiger partial charge in [-0.25, -0.2) is 14.8 Å². The van der Waals surface area contributed by atoms with Gasteiger partial charge in [-0.1, -0.05) is 11.6 Å². The maximum atomic E-state index is 13.3. The second kappa shape index (κ2) is 16.2. The number of aromatic nitrogens is 2. The van der Waals surface area contributed by atoms with Crippen molar-refractivity contribution in [3.8, 4) is 6.07 Å². The third kappa shape index (κ3) is 7.76. The maximum Gasteiger partial charge on any atom is 0.322 e. The number of carbonyl (C=O) groups is 5. The van der Waals surface area contributed by atoms with E-state index in [0.717, 1.165) is 74.9 Å². The molecule has 0 aliphatic carbocycles. The van der Waals surface area contributed by atoms with E-state index in [2.05, 4.69) is 53.2 Å². The maximum absolute atomic E-state index is 13.3. The molecule has 0 spiro atoms. The average Bonchev–Trinajstić information content (AvgIpc) is 3.47. The number of hydrogen-bond donors (Lipinski definition) is 2. The minimum Gasteiger partial charge on any atom is -0.369 e. The zero-order valence-electron chi connectivity index (χ0n) is 32.6. The number of carbonyl (C=O) groups excluding carboxylic acids is 5. The lowest BCUT2D eigenvalue weighted by Gasteiger charge is -2.45. The van der Waals surface area contributed by atoms with Crippen LogP contribution in [0.1, 0.15) is 65.8 Å². The number of imide groups is 2. The molecule has 5 aliphatic rings. The Bertz CT molecular complexity index is 2160. The topological polar surface area (TPSA) is 178 Å². The van der Waals surface area contributed by atoms with Crippen LogP contribution in [0.5, 0.6) is 0 Å². The number of piperidine rings is 2. The van der Waals surface area contributed by atoms with Gasteiger partial charge >= 0.3 is 6.03 Å². The minimum absolute atomic E-state index is 0.0395. The highest BCUT2D eigenvalue weighted by molar-refractivity contribution is 6.32. The van der Waals surface area contributed by atoms with Crippen LogP contribution in [0.15, 0.2) is 48.8 Å². The lowest BCUT2D eigenvalue weighted by molar-refractivity contribution is -0.136. The van der Waals surface area contributed by atoms with Gasteiger partial charge in [0.05, 0.1) is 39.8 Å². The van der Waals surface area contributed by atoms with Gasteiger partial charge in [-0.15, -0.1) is 0 Å². The molecule has 5 aliphatic heterocycles. The number of hydrogen-bond acceptors (Lipinski definition) is 12. The smallest absolute Gasteiger partial charge is 0.322 e. The van der Waals surface area contributed by atoms with Crippen molar-refractivity contribution in [3.05, 3.63) is 70.5 Å². The van der Waals surface area contributed by atoms with Gasteiger partial charge in [0.2, 0.25) is 17.8 Å².